The van der Waals surface area contributed by atoms with Crippen LogP contribution in [0, 0.1) is 11.3 Å². The first-order chi connectivity index (χ1) is 9.39. The van der Waals surface area contributed by atoms with E-state index < -0.39 is 0 Å². The quantitative estimate of drug-likeness (QED) is 0.812. The van der Waals surface area contributed by atoms with Crippen LogP contribution in [0.5, 0.6) is 0 Å². The highest BCUT2D eigenvalue weighted by molar-refractivity contribution is 5.06. The summed E-state index contributed by atoms with van der Waals surface area (Å²) in [6.07, 6.45) is 1.16. The molecule has 1 N–H and O–H groups in total. The maximum absolute atomic E-state index is 6.40. The third kappa shape index (κ3) is 5.22. The third-order valence-corrected chi connectivity index (χ3v) is 4.44. The Morgan fingerprint density at radius 2 is 1.67 bits per heavy atom. The Morgan fingerprint density at radius 1 is 1.10 bits per heavy atom. The third-order valence-electron chi connectivity index (χ3n) is 4.44. The maximum Gasteiger partial charge on any atom is 0.0790 e. The van der Waals surface area contributed by atoms with Crippen molar-refractivity contribution in [2.75, 3.05) is 26.7 Å². The Labute approximate surface area is 132 Å². The van der Waals surface area contributed by atoms with Gasteiger partial charge in [0.2, 0.25) is 0 Å². The predicted molar refractivity (Wildman–Crippen MR) is 91.8 cm³/mol. The molecular weight excluding hydrogens is 260 g/mol. The SMILES string of the molecule is CCCNC1C(CN(C)CC(C)(C)C)C(C)(C)OC1(C)C. The van der Waals surface area contributed by atoms with Gasteiger partial charge >= 0.3 is 0 Å². The minimum Gasteiger partial charge on any atom is -0.368 e. The monoisotopic (exact) mass is 298 g/mol. The average Bonchev–Trinajstić information content (AvgIpc) is 2.39. The summed E-state index contributed by atoms with van der Waals surface area (Å²) in [4.78, 5) is 2.47. The number of rotatable bonds is 6. The van der Waals surface area contributed by atoms with Crippen molar-refractivity contribution in [1.29, 1.82) is 0 Å². The second-order valence-electron chi connectivity index (χ2n) is 9.10. The van der Waals surface area contributed by atoms with Crippen LogP contribution in [-0.4, -0.2) is 48.8 Å². The molecule has 1 aliphatic rings. The molecule has 126 valence electrons. The van der Waals surface area contributed by atoms with E-state index in [0.29, 0.717) is 17.4 Å². The van der Waals surface area contributed by atoms with Gasteiger partial charge in [0, 0.05) is 25.0 Å². The van der Waals surface area contributed by atoms with Crippen LogP contribution < -0.4 is 5.32 Å². The van der Waals surface area contributed by atoms with Crippen molar-refractivity contribution in [2.24, 2.45) is 11.3 Å². The van der Waals surface area contributed by atoms with Gasteiger partial charge in [-0.25, -0.2) is 0 Å². The fourth-order valence-corrected chi connectivity index (χ4v) is 3.93. The van der Waals surface area contributed by atoms with Crippen molar-refractivity contribution in [3.63, 3.8) is 0 Å². The normalized spacial score (nSPS) is 28.3. The second kappa shape index (κ2) is 6.55. The Balaban J connectivity index is 2.83. The zero-order chi connectivity index (χ0) is 16.5. The Bertz CT molecular complexity index is 331. The first-order valence-electron chi connectivity index (χ1n) is 8.51. The minimum absolute atomic E-state index is 0.0823. The van der Waals surface area contributed by atoms with E-state index in [1.54, 1.807) is 0 Å². The van der Waals surface area contributed by atoms with Crippen molar-refractivity contribution >= 4 is 0 Å². The summed E-state index contributed by atoms with van der Waals surface area (Å²) >= 11 is 0. The largest absolute Gasteiger partial charge is 0.368 e. The average molecular weight is 299 g/mol. The van der Waals surface area contributed by atoms with E-state index >= 15 is 0 Å². The summed E-state index contributed by atoms with van der Waals surface area (Å²) < 4.78 is 6.40. The molecule has 2 unspecified atom stereocenters. The predicted octanol–water partition coefficient (Wildman–Crippen LogP) is 3.54. The molecule has 0 radical (unpaired) electrons. The molecular formula is C18H38N2O. The highest BCUT2D eigenvalue weighted by Gasteiger charge is 2.53. The summed E-state index contributed by atoms with van der Waals surface area (Å²) in [5, 5.41) is 3.74. The molecule has 0 bridgehead atoms. The van der Waals surface area contributed by atoms with Crippen LogP contribution in [0.25, 0.3) is 0 Å². The Morgan fingerprint density at radius 3 is 2.14 bits per heavy atom. The van der Waals surface area contributed by atoms with Gasteiger partial charge in [0.25, 0.3) is 0 Å². The van der Waals surface area contributed by atoms with Crippen LogP contribution in [0.3, 0.4) is 0 Å². The van der Waals surface area contributed by atoms with E-state index in [1.807, 2.05) is 0 Å². The summed E-state index contributed by atoms with van der Waals surface area (Å²) in [5.41, 5.74) is 0.146. The van der Waals surface area contributed by atoms with Crippen molar-refractivity contribution in [3.05, 3.63) is 0 Å². The molecule has 3 heteroatoms. The number of ether oxygens (including phenoxy) is 1. The smallest absolute Gasteiger partial charge is 0.0790 e. The van der Waals surface area contributed by atoms with Gasteiger partial charge < -0.3 is 15.0 Å². The number of hydrogen-bond acceptors (Lipinski definition) is 3. The van der Waals surface area contributed by atoms with E-state index in [0.717, 1.165) is 26.1 Å². The van der Waals surface area contributed by atoms with E-state index in [-0.39, 0.29) is 11.2 Å². The molecule has 0 saturated carbocycles. The van der Waals surface area contributed by atoms with Crippen molar-refractivity contribution in [3.8, 4) is 0 Å². The highest BCUT2D eigenvalue weighted by Crippen LogP contribution is 2.42. The summed E-state index contributed by atoms with van der Waals surface area (Å²) in [6, 6.07) is 0.412. The minimum atomic E-state index is -0.105. The molecule has 0 aliphatic carbocycles. The van der Waals surface area contributed by atoms with Crippen LogP contribution in [0.15, 0.2) is 0 Å². The van der Waals surface area contributed by atoms with Gasteiger partial charge in [-0.3, -0.25) is 0 Å². The van der Waals surface area contributed by atoms with Crippen LogP contribution in [-0.2, 0) is 4.74 Å². The van der Waals surface area contributed by atoms with Crippen LogP contribution >= 0.6 is 0 Å². The molecule has 0 aromatic carbocycles. The molecule has 0 spiro atoms. The van der Waals surface area contributed by atoms with Gasteiger partial charge in [-0.05, 0) is 53.1 Å². The van der Waals surface area contributed by atoms with E-state index in [2.05, 4.69) is 72.7 Å². The fraction of sp³-hybridized carbons (Fsp3) is 1.00. The molecule has 1 fully saturated rings. The van der Waals surface area contributed by atoms with Crippen LogP contribution in [0.1, 0.15) is 61.8 Å². The molecule has 21 heavy (non-hydrogen) atoms. The van der Waals surface area contributed by atoms with E-state index in [4.69, 9.17) is 4.74 Å². The molecule has 1 aliphatic heterocycles. The lowest BCUT2D eigenvalue weighted by Crippen LogP contribution is -2.51. The summed E-state index contributed by atoms with van der Waals surface area (Å²) in [7, 11) is 2.24. The van der Waals surface area contributed by atoms with Crippen LogP contribution in [0.2, 0.25) is 0 Å². The lowest BCUT2D eigenvalue weighted by Gasteiger charge is -2.35. The topological polar surface area (TPSA) is 24.5 Å². The molecule has 0 amide bonds. The maximum atomic E-state index is 6.40. The van der Waals surface area contributed by atoms with Gasteiger partial charge in [0.05, 0.1) is 11.2 Å². The molecule has 3 nitrogen and oxygen atoms in total. The molecule has 1 saturated heterocycles. The standard InChI is InChI=1S/C18H38N2O/c1-10-11-19-15-14(12-20(9)13-16(2,3)4)17(5,6)21-18(15,7)8/h14-15,19H,10-13H2,1-9H3. The second-order valence-corrected chi connectivity index (χ2v) is 9.10. The fourth-order valence-electron chi connectivity index (χ4n) is 3.93. The first kappa shape index (κ1) is 18.9. The van der Waals surface area contributed by atoms with Crippen LogP contribution in [0.4, 0.5) is 0 Å². The van der Waals surface area contributed by atoms with Crippen molar-refractivity contribution < 1.29 is 4.74 Å². The zero-order valence-corrected chi connectivity index (χ0v) is 15.8. The number of nitrogens with one attached hydrogen (secondary N) is 1. The summed E-state index contributed by atoms with van der Waals surface area (Å²) in [6.45, 7) is 21.3. The Kier molecular flexibility index (Phi) is 5.91. The van der Waals surface area contributed by atoms with Gasteiger partial charge in [-0.2, -0.15) is 0 Å². The molecule has 1 heterocycles. The molecule has 0 aromatic rings. The van der Waals surface area contributed by atoms with Gasteiger partial charge in [0.15, 0.2) is 0 Å². The number of hydrogen-bond donors (Lipinski definition) is 1. The van der Waals surface area contributed by atoms with Gasteiger partial charge in [-0.15, -0.1) is 0 Å². The molecule has 0 aromatic heterocycles. The highest BCUT2D eigenvalue weighted by atomic mass is 16.5. The lowest BCUT2D eigenvalue weighted by atomic mass is 9.81. The van der Waals surface area contributed by atoms with Gasteiger partial charge in [-0.1, -0.05) is 27.7 Å². The molecule has 2 atom stereocenters. The Hall–Kier alpha value is -0.120. The van der Waals surface area contributed by atoms with Gasteiger partial charge in [0.1, 0.15) is 0 Å². The lowest BCUT2D eigenvalue weighted by molar-refractivity contribution is -0.0795. The van der Waals surface area contributed by atoms with Crippen molar-refractivity contribution in [2.45, 2.75) is 79.1 Å². The zero-order valence-electron chi connectivity index (χ0n) is 15.8. The number of nitrogens with zero attached hydrogens (tertiary/aromatic N) is 1. The molecule has 1 rings (SSSR count). The summed E-state index contributed by atoms with van der Waals surface area (Å²) in [5.74, 6) is 0.506. The van der Waals surface area contributed by atoms with E-state index in [1.165, 1.54) is 0 Å². The van der Waals surface area contributed by atoms with E-state index in [9.17, 15) is 0 Å². The first-order valence-corrected chi connectivity index (χ1v) is 8.51. The van der Waals surface area contributed by atoms with Crippen molar-refractivity contribution in [1.82, 2.24) is 10.2 Å².